The van der Waals surface area contributed by atoms with Crippen molar-refractivity contribution < 1.29 is 14.1 Å². The van der Waals surface area contributed by atoms with Crippen LogP contribution in [0, 0.1) is 5.92 Å². The van der Waals surface area contributed by atoms with Crippen LogP contribution in [0.4, 0.5) is 5.00 Å². The SMILES string of the molecule is CC1CCc2c(sc(NC(=O)C3=C(C=O)CCC3)c2-c2nc(C3CC3)no2)C1. The molecule has 5 rings (SSSR count). The Morgan fingerprint density at radius 2 is 2.11 bits per heavy atom. The molecule has 7 heteroatoms. The van der Waals surface area contributed by atoms with Crippen LogP contribution in [0.1, 0.15) is 67.6 Å². The first kappa shape index (κ1) is 17.8. The quantitative estimate of drug-likeness (QED) is 0.755. The van der Waals surface area contributed by atoms with Crippen LogP contribution in [0.25, 0.3) is 11.5 Å². The third kappa shape index (κ3) is 3.11. The van der Waals surface area contributed by atoms with Gasteiger partial charge in [-0.05, 0) is 62.8 Å². The summed E-state index contributed by atoms with van der Waals surface area (Å²) in [6.45, 7) is 2.26. The molecule has 146 valence electrons. The lowest BCUT2D eigenvalue weighted by Crippen LogP contribution is -2.14. The summed E-state index contributed by atoms with van der Waals surface area (Å²) in [5.41, 5.74) is 3.37. The molecular weight excluding hydrogens is 374 g/mol. The Bertz CT molecular complexity index is 983. The van der Waals surface area contributed by atoms with Gasteiger partial charge in [-0.2, -0.15) is 4.98 Å². The number of carbonyl (C=O) groups excluding carboxylic acids is 2. The lowest BCUT2D eigenvalue weighted by atomic mass is 9.88. The smallest absolute Gasteiger partial charge is 0.261 e. The van der Waals surface area contributed by atoms with Crippen LogP contribution in [-0.4, -0.2) is 22.3 Å². The highest BCUT2D eigenvalue weighted by Crippen LogP contribution is 2.46. The monoisotopic (exact) mass is 397 g/mol. The van der Waals surface area contributed by atoms with Gasteiger partial charge >= 0.3 is 0 Å². The number of fused-ring (bicyclic) bond motifs is 1. The van der Waals surface area contributed by atoms with Crippen molar-refractivity contribution in [1.82, 2.24) is 10.1 Å². The van der Waals surface area contributed by atoms with E-state index < -0.39 is 0 Å². The zero-order valence-electron chi connectivity index (χ0n) is 15.9. The molecule has 1 amide bonds. The predicted molar refractivity (Wildman–Crippen MR) is 106 cm³/mol. The summed E-state index contributed by atoms with van der Waals surface area (Å²) in [4.78, 5) is 30.1. The number of amides is 1. The lowest BCUT2D eigenvalue weighted by Gasteiger charge is -2.18. The van der Waals surface area contributed by atoms with E-state index in [0.29, 0.717) is 41.7 Å². The topological polar surface area (TPSA) is 85.1 Å². The Morgan fingerprint density at radius 1 is 1.25 bits per heavy atom. The van der Waals surface area contributed by atoms with Crippen LogP contribution in [0.2, 0.25) is 0 Å². The van der Waals surface area contributed by atoms with Gasteiger partial charge in [-0.25, -0.2) is 0 Å². The highest BCUT2D eigenvalue weighted by atomic mass is 32.1. The molecule has 0 bridgehead atoms. The Morgan fingerprint density at radius 3 is 2.89 bits per heavy atom. The fourth-order valence-electron chi connectivity index (χ4n) is 4.24. The maximum atomic E-state index is 12.9. The van der Waals surface area contributed by atoms with E-state index in [1.54, 1.807) is 11.3 Å². The number of aldehydes is 1. The van der Waals surface area contributed by atoms with Gasteiger partial charge in [0.2, 0.25) is 0 Å². The molecule has 1 unspecified atom stereocenters. The van der Waals surface area contributed by atoms with E-state index in [1.807, 2.05) is 0 Å². The van der Waals surface area contributed by atoms with Gasteiger partial charge in [-0.1, -0.05) is 12.1 Å². The van der Waals surface area contributed by atoms with Crippen molar-refractivity contribution in [2.24, 2.45) is 5.92 Å². The highest BCUT2D eigenvalue weighted by molar-refractivity contribution is 7.17. The average Bonchev–Trinajstić information content (AvgIpc) is 3.10. The molecule has 2 heterocycles. The molecule has 0 spiro atoms. The minimum Gasteiger partial charge on any atom is -0.334 e. The van der Waals surface area contributed by atoms with Crippen LogP contribution < -0.4 is 5.32 Å². The van der Waals surface area contributed by atoms with Crippen LogP contribution >= 0.6 is 11.3 Å². The van der Waals surface area contributed by atoms with Crippen molar-refractivity contribution in [2.75, 3.05) is 5.32 Å². The van der Waals surface area contributed by atoms with E-state index in [4.69, 9.17) is 4.52 Å². The molecule has 1 N–H and O–H groups in total. The van der Waals surface area contributed by atoms with Gasteiger partial charge in [0.05, 0.1) is 5.56 Å². The average molecular weight is 398 g/mol. The molecule has 3 aliphatic rings. The van der Waals surface area contributed by atoms with E-state index in [0.717, 1.165) is 61.2 Å². The first-order chi connectivity index (χ1) is 13.6. The number of rotatable bonds is 5. The molecule has 6 nitrogen and oxygen atoms in total. The first-order valence-corrected chi connectivity index (χ1v) is 10.9. The second-order valence-electron chi connectivity index (χ2n) is 8.22. The number of anilines is 1. The summed E-state index contributed by atoms with van der Waals surface area (Å²) in [7, 11) is 0. The fraction of sp³-hybridized carbons (Fsp3) is 0.524. The van der Waals surface area contributed by atoms with E-state index in [9.17, 15) is 9.59 Å². The Hall–Kier alpha value is -2.28. The molecule has 0 saturated heterocycles. The summed E-state index contributed by atoms with van der Waals surface area (Å²) >= 11 is 1.62. The van der Waals surface area contributed by atoms with Gasteiger partial charge in [0.1, 0.15) is 11.3 Å². The largest absolute Gasteiger partial charge is 0.334 e. The van der Waals surface area contributed by atoms with Gasteiger partial charge in [0, 0.05) is 21.9 Å². The summed E-state index contributed by atoms with van der Waals surface area (Å²) in [5.74, 6) is 2.17. The number of nitrogens with one attached hydrogen (secondary N) is 1. The Kier molecular flexibility index (Phi) is 4.42. The van der Waals surface area contributed by atoms with Gasteiger partial charge in [-0.3, -0.25) is 9.59 Å². The molecule has 1 fully saturated rings. The molecule has 1 atom stereocenters. The summed E-state index contributed by atoms with van der Waals surface area (Å²) < 4.78 is 5.62. The van der Waals surface area contributed by atoms with E-state index in [-0.39, 0.29) is 5.91 Å². The minimum atomic E-state index is -0.172. The van der Waals surface area contributed by atoms with Crippen LogP contribution in [0.15, 0.2) is 15.7 Å². The minimum absolute atomic E-state index is 0.172. The number of hydrogen-bond acceptors (Lipinski definition) is 6. The van der Waals surface area contributed by atoms with Gasteiger partial charge in [0.15, 0.2) is 5.82 Å². The zero-order valence-corrected chi connectivity index (χ0v) is 16.7. The standard InChI is InChI=1S/C21H23N3O3S/c1-11-5-8-15-16(9-11)28-21(23-19(26)14-4-2-3-13(14)10-25)17(15)20-22-18(24-27-20)12-6-7-12/h10-12H,2-9H2,1H3,(H,23,26). The number of carbonyl (C=O) groups is 2. The normalized spacial score (nSPS) is 21.7. The summed E-state index contributed by atoms with van der Waals surface area (Å²) in [6, 6.07) is 0. The van der Waals surface area contributed by atoms with Gasteiger partial charge < -0.3 is 9.84 Å². The van der Waals surface area contributed by atoms with Crippen molar-refractivity contribution in [3.8, 4) is 11.5 Å². The van der Waals surface area contributed by atoms with Gasteiger partial charge in [0.25, 0.3) is 11.8 Å². The van der Waals surface area contributed by atoms with Crippen LogP contribution in [-0.2, 0) is 22.4 Å². The van der Waals surface area contributed by atoms with Crippen molar-refractivity contribution >= 4 is 28.5 Å². The molecule has 28 heavy (non-hydrogen) atoms. The zero-order chi connectivity index (χ0) is 19.3. The number of nitrogens with zero attached hydrogens (tertiary/aromatic N) is 2. The second kappa shape index (κ2) is 6.95. The first-order valence-electron chi connectivity index (χ1n) is 10.1. The number of thiophene rings is 1. The molecule has 0 aliphatic heterocycles. The molecule has 3 aliphatic carbocycles. The molecule has 2 aromatic rings. The molecular formula is C21H23N3O3S. The maximum Gasteiger partial charge on any atom is 0.261 e. The van der Waals surface area contributed by atoms with Crippen molar-refractivity contribution in [3.63, 3.8) is 0 Å². The highest BCUT2D eigenvalue weighted by Gasteiger charge is 2.33. The summed E-state index contributed by atoms with van der Waals surface area (Å²) in [6.07, 6.45) is 8.34. The van der Waals surface area contributed by atoms with E-state index >= 15 is 0 Å². The Labute approximate surface area is 167 Å². The molecule has 1 saturated carbocycles. The van der Waals surface area contributed by atoms with Crippen LogP contribution in [0.3, 0.4) is 0 Å². The number of aromatic nitrogens is 2. The van der Waals surface area contributed by atoms with Crippen molar-refractivity contribution in [1.29, 1.82) is 0 Å². The number of hydrogen-bond donors (Lipinski definition) is 1. The molecule has 0 aromatic carbocycles. The summed E-state index contributed by atoms with van der Waals surface area (Å²) in [5, 5.41) is 8.03. The third-order valence-corrected chi connectivity index (χ3v) is 7.18. The second-order valence-corrected chi connectivity index (χ2v) is 9.32. The maximum absolute atomic E-state index is 12.9. The van der Waals surface area contributed by atoms with E-state index in [2.05, 4.69) is 22.4 Å². The molecule has 0 radical (unpaired) electrons. The Balaban J connectivity index is 1.53. The number of allylic oxidation sites excluding steroid dienone is 1. The van der Waals surface area contributed by atoms with Gasteiger partial charge in [-0.15, -0.1) is 11.3 Å². The lowest BCUT2D eigenvalue weighted by molar-refractivity contribution is -0.113. The van der Waals surface area contributed by atoms with E-state index in [1.165, 1.54) is 10.4 Å². The molecule has 2 aromatic heterocycles. The third-order valence-electron chi connectivity index (χ3n) is 6.01. The van der Waals surface area contributed by atoms with Crippen LogP contribution in [0.5, 0.6) is 0 Å². The fourth-order valence-corrected chi connectivity index (χ4v) is 5.64. The van der Waals surface area contributed by atoms with Crippen molar-refractivity contribution in [3.05, 3.63) is 27.4 Å². The predicted octanol–water partition coefficient (Wildman–Crippen LogP) is 4.42. The van der Waals surface area contributed by atoms with Crippen molar-refractivity contribution in [2.45, 2.75) is 64.2 Å².